The second-order valence-electron chi connectivity index (χ2n) is 5.36. The van der Waals surface area contributed by atoms with E-state index in [1.54, 1.807) is 25.3 Å². The van der Waals surface area contributed by atoms with Crippen LogP contribution in [-0.4, -0.2) is 18.2 Å². The van der Waals surface area contributed by atoms with Gasteiger partial charge in [-0.2, -0.15) is 0 Å². The molecule has 124 valence electrons. The quantitative estimate of drug-likeness (QED) is 0.374. The highest BCUT2D eigenvalue weighted by Crippen LogP contribution is 2.27. The SMILES string of the molecule is COc1cccc(-c2cccc(/N=C/c3ccccc3[N+](=O)[O-])c2)c1. The van der Waals surface area contributed by atoms with Crippen LogP contribution < -0.4 is 4.74 Å². The highest BCUT2D eigenvalue weighted by molar-refractivity contribution is 5.87. The molecule has 0 aliphatic carbocycles. The largest absolute Gasteiger partial charge is 0.497 e. The zero-order chi connectivity index (χ0) is 17.6. The minimum Gasteiger partial charge on any atom is -0.497 e. The van der Waals surface area contributed by atoms with Crippen molar-refractivity contribution in [2.45, 2.75) is 0 Å². The predicted octanol–water partition coefficient (Wildman–Crippen LogP) is 5.02. The van der Waals surface area contributed by atoms with Crippen molar-refractivity contribution in [1.82, 2.24) is 0 Å². The van der Waals surface area contributed by atoms with Gasteiger partial charge in [0.25, 0.3) is 5.69 Å². The van der Waals surface area contributed by atoms with Gasteiger partial charge in [-0.05, 0) is 41.5 Å². The molecule has 0 amide bonds. The van der Waals surface area contributed by atoms with Crippen molar-refractivity contribution < 1.29 is 9.66 Å². The molecule has 0 radical (unpaired) electrons. The van der Waals surface area contributed by atoms with Gasteiger partial charge in [0.05, 0.1) is 23.3 Å². The Bertz CT molecular complexity index is 935. The number of methoxy groups -OCH3 is 1. The Hall–Kier alpha value is -3.47. The zero-order valence-corrected chi connectivity index (χ0v) is 13.6. The molecule has 0 saturated carbocycles. The molecule has 0 heterocycles. The van der Waals surface area contributed by atoms with Gasteiger partial charge < -0.3 is 4.74 Å². The molecule has 0 aromatic heterocycles. The monoisotopic (exact) mass is 332 g/mol. The lowest BCUT2D eigenvalue weighted by Gasteiger charge is -2.05. The van der Waals surface area contributed by atoms with Crippen LogP contribution in [-0.2, 0) is 0 Å². The molecule has 0 N–H and O–H groups in total. The first kappa shape index (κ1) is 16.4. The molecule has 5 nitrogen and oxygen atoms in total. The van der Waals surface area contributed by atoms with E-state index < -0.39 is 4.92 Å². The third-order valence-corrected chi connectivity index (χ3v) is 3.74. The first-order valence-corrected chi connectivity index (χ1v) is 7.69. The second-order valence-corrected chi connectivity index (χ2v) is 5.36. The summed E-state index contributed by atoms with van der Waals surface area (Å²) in [5.41, 5.74) is 3.24. The van der Waals surface area contributed by atoms with Crippen LogP contribution in [0.5, 0.6) is 5.75 Å². The van der Waals surface area contributed by atoms with Crippen LogP contribution in [0.1, 0.15) is 5.56 Å². The fraction of sp³-hybridized carbons (Fsp3) is 0.0500. The van der Waals surface area contributed by atoms with Crippen LogP contribution in [0, 0.1) is 10.1 Å². The Labute approximate surface area is 145 Å². The standard InChI is InChI=1S/C20H16N2O3/c1-25-19-10-5-8-16(13-19)15-7-4-9-18(12-15)21-14-17-6-2-3-11-20(17)22(23)24/h2-14H,1H3/b21-14+. The number of hydrogen-bond acceptors (Lipinski definition) is 4. The van der Waals surface area contributed by atoms with Crippen molar-refractivity contribution in [3.63, 3.8) is 0 Å². The second kappa shape index (κ2) is 7.40. The van der Waals surface area contributed by atoms with Gasteiger partial charge in [0.2, 0.25) is 0 Å². The number of nitro benzene ring substituents is 1. The molecule has 0 aliphatic rings. The molecule has 0 saturated heterocycles. The van der Waals surface area contributed by atoms with Crippen LogP contribution >= 0.6 is 0 Å². The van der Waals surface area contributed by atoms with E-state index in [0.717, 1.165) is 22.6 Å². The first-order valence-electron chi connectivity index (χ1n) is 7.69. The molecule has 0 bridgehead atoms. The van der Waals surface area contributed by atoms with Gasteiger partial charge in [-0.1, -0.05) is 36.4 Å². The molecule has 25 heavy (non-hydrogen) atoms. The van der Waals surface area contributed by atoms with E-state index >= 15 is 0 Å². The average Bonchev–Trinajstić information content (AvgIpc) is 2.67. The number of nitro groups is 1. The highest BCUT2D eigenvalue weighted by Gasteiger charge is 2.09. The smallest absolute Gasteiger partial charge is 0.278 e. The molecule has 0 atom stereocenters. The maximum absolute atomic E-state index is 11.1. The van der Waals surface area contributed by atoms with Crippen molar-refractivity contribution in [3.8, 4) is 16.9 Å². The number of para-hydroxylation sites is 1. The number of rotatable bonds is 5. The van der Waals surface area contributed by atoms with Crippen LogP contribution in [0.25, 0.3) is 11.1 Å². The van der Waals surface area contributed by atoms with Crippen LogP contribution in [0.4, 0.5) is 11.4 Å². The average molecular weight is 332 g/mol. The lowest BCUT2D eigenvalue weighted by Crippen LogP contribution is -1.93. The number of nitrogens with zero attached hydrogens (tertiary/aromatic N) is 2. The van der Waals surface area contributed by atoms with E-state index in [0.29, 0.717) is 5.56 Å². The van der Waals surface area contributed by atoms with E-state index in [1.807, 2.05) is 48.5 Å². The molecule has 0 aliphatic heterocycles. The van der Waals surface area contributed by atoms with Crippen molar-refractivity contribution >= 4 is 17.6 Å². The molecule has 5 heteroatoms. The summed E-state index contributed by atoms with van der Waals surface area (Å²) >= 11 is 0. The molecular weight excluding hydrogens is 316 g/mol. The van der Waals surface area contributed by atoms with Gasteiger partial charge in [-0.15, -0.1) is 0 Å². The third kappa shape index (κ3) is 3.90. The lowest BCUT2D eigenvalue weighted by molar-refractivity contribution is -0.385. The first-order chi connectivity index (χ1) is 12.2. The van der Waals surface area contributed by atoms with Crippen molar-refractivity contribution in [2.24, 2.45) is 4.99 Å². The summed E-state index contributed by atoms with van der Waals surface area (Å²) in [7, 11) is 1.63. The van der Waals surface area contributed by atoms with E-state index in [4.69, 9.17) is 4.74 Å². The Morgan fingerprint density at radius 2 is 1.68 bits per heavy atom. The van der Waals surface area contributed by atoms with Crippen molar-refractivity contribution in [1.29, 1.82) is 0 Å². The summed E-state index contributed by atoms with van der Waals surface area (Å²) in [6, 6.07) is 22.0. The molecule has 0 fully saturated rings. The van der Waals surface area contributed by atoms with Crippen molar-refractivity contribution in [3.05, 3.63) is 88.5 Å². The van der Waals surface area contributed by atoms with Gasteiger partial charge in [-0.3, -0.25) is 15.1 Å². The van der Waals surface area contributed by atoms with Gasteiger partial charge in [-0.25, -0.2) is 0 Å². The number of benzene rings is 3. The van der Waals surface area contributed by atoms with Gasteiger partial charge in [0.1, 0.15) is 5.75 Å². The fourth-order valence-electron chi connectivity index (χ4n) is 2.48. The van der Waals surface area contributed by atoms with Crippen LogP contribution in [0.15, 0.2) is 77.8 Å². The van der Waals surface area contributed by atoms with Crippen LogP contribution in [0.3, 0.4) is 0 Å². The Morgan fingerprint density at radius 3 is 2.44 bits per heavy atom. The lowest BCUT2D eigenvalue weighted by atomic mass is 10.0. The Morgan fingerprint density at radius 1 is 0.960 bits per heavy atom. The van der Waals surface area contributed by atoms with Gasteiger partial charge >= 0.3 is 0 Å². The Balaban J connectivity index is 1.91. The summed E-state index contributed by atoms with van der Waals surface area (Å²) in [6.07, 6.45) is 1.52. The molecule has 0 spiro atoms. The van der Waals surface area contributed by atoms with Gasteiger partial charge in [0.15, 0.2) is 0 Å². The fourth-order valence-corrected chi connectivity index (χ4v) is 2.48. The number of ether oxygens (including phenoxy) is 1. The summed E-state index contributed by atoms with van der Waals surface area (Å²) in [5, 5.41) is 11.1. The van der Waals surface area contributed by atoms with Crippen molar-refractivity contribution in [2.75, 3.05) is 7.11 Å². The number of aliphatic imine (C=N–C) groups is 1. The van der Waals surface area contributed by atoms with E-state index in [-0.39, 0.29) is 5.69 Å². The van der Waals surface area contributed by atoms with E-state index in [9.17, 15) is 10.1 Å². The summed E-state index contributed by atoms with van der Waals surface area (Å²) in [4.78, 5) is 15.0. The number of hydrogen-bond donors (Lipinski definition) is 0. The van der Waals surface area contributed by atoms with E-state index in [1.165, 1.54) is 12.3 Å². The van der Waals surface area contributed by atoms with E-state index in [2.05, 4.69) is 4.99 Å². The minimum absolute atomic E-state index is 0.0372. The molecule has 3 rings (SSSR count). The molecular formula is C20H16N2O3. The molecule has 3 aromatic carbocycles. The topological polar surface area (TPSA) is 64.7 Å². The van der Waals surface area contributed by atoms with Gasteiger partial charge in [0, 0.05) is 12.3 Å². The Kier molecular flexibility index (Phi) is 4.85. The summed E-state index contributed by atoms with van der Waals surface area (Å²) in [5.74, 6) is 0.784. The minimum atomic E-state index is -0.409. The maximum Gasteiger partial charge on any atom is 0.278 e. The zero-order valence-electron chi connectivity index (χ0n) is 13.6. The van der Waals surface area contributed by atoms with Crippen LogP contribution in [0.2, 0.25) is 0 Å². The molecule has 0 unspecified atom stereocenters. The normalized spacial score (nSPS) is 10.8. The summed E-state index contributed by atoms with van der Waals surface area (Å²) < 4.78 is 5.25. The third-order valence-electron chi connectivity index (χ3n) is 3.74. The maximum atomic E-state index is 11.1. The molecule has 3 aromatic rings. The summed E-state index contributed by atoms with van der Waals surface area (Å²) in [6.45, 7) is 0. The highest BCUT2D eigenvalue weighted by atomic mass is 16.6. The predicted molar refractivity (Wildman–Crippen MR) is 98.8 cm³/mol.